The summed E-state index contributed by atoms with van der Waals surface area (Å²) in [7, 11) is 1.39. The number of carboxylic acids is 1. The molecule has 0 unspecified atom stereocenters. The first-order chi connectivity index (χ1) is 10.0. The van der Waals surface area contributed by atoms with Gasteiger partial charge >= 0.3 is 5.97 Å². The van der Waals surface area contributed by atoms with Crippen LogP contribution in [-0.4, -0.2) is 18.2 Å². The monoisotopic (exact) mass is 402 g/mol. The normalized spacial score (nSPS) is 10.2. The molecule has 110 valence electrons. The van der Waals surface area contributed by atoms with Gasteiger partial charge in [0.1, 0.15) is 12.4 Å². The summed E-state index contributed by atoms with van der Waals surface area (Å²) in [6, 6.07) is 9.32. The second-order valence-corrected chi connectivity index (χ2v) is 5.33. The molecule has 0 amide bonds. The largest absolute Gasteiger partial charge is 0.494 e. The van der Waals surface area contributed by atoms with Crippen LogP contribution in [0.2, 0.25) is 0 Å². The van der Waals surface area contributed by atoms with Gasteiger partial charge in [-0.3, -0.25) is 0 Å². The van der Waals surface area contributed by atoms with Crippen LogP contribution < -0.4 is 9.47 Å². The van der Waals surface area contributed by atoms with Crippen molar-refractivity contribution in [2.75, 3.05) is 7.11 Å². The maximum absolute atomic E-state index is 14.0. The molecule has 2 aromatic rings. The van der Waals surface area contributed by atoms with E-state index in [1.165, 1.54) is 25.3 Å². The Morgan fingerprint density at radius 2 is 2.05 bits per heavy atom. The highest BCUT2D eigenvalue weighted by molar-refractivity contribution is 14.1. The summed E-state index contributed by atoms with van der Waals surface area (Å²) in [6.45, 7) is -0.0118. The third-order valence-corrected chi connectivity index (χ3v) is 3.72. The van der Waals surface area contributed by atoms with Gasteiger partial charge in [0, 0.05) is 5.56 Å². The third kappa shape index (κ3) is 3.63. The van der Waals surface area contributed by atoms with Crippen molar-refractivity contribution in [3.63, 3.8) is 0 Å². The van der Waals surface area contributed by atoms with Crippen LogP contribution >= 0.6 is 22.6 Å². The molecule has 0 radical (unpaired) electrons. The Morgan fingerprint density at radius 1 is 1.29 bits per heavy atom. The van der Waals surface area contributed by atoms with Crippen LogP contribution in [0.3, 0.4) is 0 Å². The van der Waals surface area contributed by atoms with Crippen molar-refractivity contribution in [2.24, 2.45) is 0 Å². The quantitative estimate of drug-likeness (QED) is 0.775. The van der Waals surface area contributed by atoms with Gasteiger partial charge in [0.2, 0.25) is 0 Å². The second kappa shape index (κ2) is 6.75. The average molecular weight is 402 g/mol. The van der Waals surface area contributed by atoms with E-state index in [1.54, 1.807) is 18.2 Å². The highest BCUT2D eigenvalue weighted by Crippen LogP contribution is 2.25. The lowest BCUT2D eigenvalue weighted by Crippen LogP contribution is -2.03. The number of carbonyl (C=O) groups is 1. The Hall–Kier alpha value is -1.83. The molecule has 0 aliphatic carbocycles. The van der Waals surface area contributed by atoms with Crippen molar-refractivity contribution < 1.29 is 23.8 Å². The number of hydrogen-bond acceptors (Lipinski definition) is 3. The number of hydrogen-bond donors (Lipinski definition) is 1. The van der Waals surface area contributed by atoms with Crippen molar-refractivity contribution in [1.82, 2.24) is 0 Å². The van der Waals surface area contributed by atoms with Gasteiger partial charge < -0.3 is 14.6 Å². The number of rotatable bonds is 5. The molecular formula is C15H12FIO4. The molecule has 2 rings (SSSR count). The van der Waals surface area contributed by atoms with E-state index in [-0.39, 0.29) is 17.9 Å². The first-order valence-corrected chi connectivity index (χ1v) is 7.08. The highest BCUT2D eigenvalue weighted by atomic mass is 127. The van der Waals surface area contributed by atoms with Crippen LogP contribution in [0.4, 0.5) is 4.39 Å². The van der Waals surface area contributed by atoms with Gasteiger partial charge in [0.05, 0.1) is 16.2 Å². The van der Waals surface area contributed by atoms with E-state index < -0.39 is 11.8 Å². The zero-order chi connectivity index (χ0) is 15.4. The smallest absolute Gasteiger partial charge is 0.335 e. The van der Waals surface area contributed by atoms with Crippen LogP contribution in [0.5, 0.6) is 11.5 Å². The van der Waals surface area contributed by atoms with Gasteiger partial charge in [-0.2, -0.15) is 0 Å². The molecule has 0 fully saturated rings. The summed E-state index contributed by atoms with van der Waals surface area (Å²) in [5, 5.41) is 8.96. The summed E-state index contributed by atoms with van der Waals surface area (Å²) in [5.41, 5.74) is 0.461. The summed E-state index contributed by atoms with van der Waals surface area (Å²) in [6.07, 6.45) is 0. The molecule has 4 nitrogen and oxygen atoms in total. The van der Waals surface area contributed by atoms with Crippen molar-refractivity contribution >= 4 is 28.6 Å². The lowest BCUT2D eigenvalue weighted by molar-refractivity contribution is 0.0696. The first kappa shape index (κ1) is 15.6. The Bertz CT molecular complexity index is 673. The van der Waals surface area contributed by atoms with Crippen LogP contribution in [0, 0.1) is 9.39 Å². The molecule has 0 aliphatic heterocycles. The molecule has 0 heterocycles. The first-order valence-electron chi connectivity index (χ1n) is 6.00. The average Bonchev–Trinajstić information content (AvgIpc) is 2.47. The minimum Gasteiger partial charge on any atom is -0.494 e. The minimum atomic E-state index is -1.04. The van der Waals surface area contributed by atoms with E-state index in [0.29, 0.717) is 11.3 Å². The number of halogens is 2. The van der Waals surface area contributed by atoms with Crippen LogP contribution in [0.15, 0.2) is 36.4 Å². The Morgan fingerprint density at radius 3 is 2.71 bits per heavy atom. The molecule has 0 bridgehead atoms. The van der Waals surface area contributed by atoms with Gasteiger partial charge in [-0.1, -0.05) is 12.1 Å². The van der Waals surface area contributed by atoms with E-state index in [1.807, 2.05) is 22.6 Å². The van der Waals surface area contributed by atoms with E-state index in [2.05, 4.69) is 0 Å². The van der Waals surface area contributed by atoms with E-state index >= 15 is 0 Å². The molecule has 0 saturated carbocycles. The van der Waals surface area contributed by atoms with Gasteiger partial charge in [0.25, 0.3) is 0 Å². The number of ether oxygens (including phenoxy) is 2. The summed E-state index contributed by atoms with van der Waals surface area (Å²) in [5.74, 6) is -0.976. The molecule has 1 N–H and O–H groups in total. The topological polar surface area (TPSA) is 55.8 Å². The van der Waals surface area contributed by atoms with Crippen molar-refractivity contribution in [1.29, 1.82) is 0 Å². The van der Waals surface area contributed by atoms with Crippen molar-refractivity contribution in [3.05, 3.63) is 56.9 Å². The predicted octanol–water partition coefficient (Wildman–Crippen LogP) is 3.72. The Labute approximate surface area is 134 Å². The van der Waals surface area contributed by atoms with Crippen molar-refractivity contribution in [2.45, 2.75) is 6.61 Å². The van der Waals surface area contributed by atoms with Crippen LogP contribution in [0.25, 0.3) is 0 Å². The molecule has 0 spiro atoms. The Kier molecular flexibility index (Phi) is 5.00. The van der Waals surface area contributed by atoms with Gasteiger partial charge in [-0.25, -0.2) is 9.18 Å². The van der Waals surface area contributed by atoms with E-state index in [9.17, 15) is 9.18 Å². The van der Waals surface area contributed by atoms with E-state index in [0.717, 1.165) is 3.57 Å². The number of methoxy groups -OCH3 is 1. The maximum atomic E-state index is 14.0. The zero-order valence-electron chi connectivity index (χ0n) is 11.1. The molecule has 0 atom stereocenters. The van der Waals surface area contributed by atoms with Crippen molar-refractivity contribution in [3.8, 4) is 11.5 Å². The molecule has 2 aromatic carbocycles. The number of benzene rings is 2. The van der Waals surface area contributed by atoms with Gasteiger partial charge in [-0.15, -0.1) is 0 Å². The second-order valence-electron chi connectivity index (χ2n) is 4.17. The minimum absolute atomic E-state index is 0.0118. The van der Waals surface area contributed by atoms with Crippen LogP contribution in [0.1, 0.15) is 15.9 Å². The van der Waals surface area contributed by atoms with Gasteiger partial charge in [-0.05, 0) is 46.9 Å². The molecule has 6 heteroatoms. The lowest BCUT2D eigenvalue weighted by Gasteiger charge is -2.11. The fourth-order valence-electron chi connectivity index (χ4n) is 1.73. The standard InChI is InChI=1S/C15H12FIO4/c1-20-12-4-2-3-10(14(12)16)8-21-13-7-9(15(18)19)5-6-11(13)17/h2-7H,8H2,1H3,(H,18,19). The fourth-order valence-corrected chi connectivity index (χ4v) is 2.22. The van der Waals surface area contributed by atoms with Crippen LogP contribution in [-0.2, 0) is 6.61 Å². The number of aromatic carboxylic acids is 1. The summed E-state index contributed by atoms with van der Waals surface area (Å²) < 4.78 is 25.2. The summed E-state index contributed by atoms with van der Waals surface area (Å²) >= 11 is 2.03. The maximum Gasteiger partial charge on any atom is 0.335 e. The van der Waals surface area contributed by atoms with E-state index in [4.69, 9.17) is 14.6 Å². The molecule has 0 aliphatic rings. The lowest BCUT2D eigenvalue weighted by atomic mass is 10.2. The fraction of sp³-hybridized carbons (Fsp3) is 0.133. The molecule has 21 heavy (non-hydrogen) atoms. The number of carboxylic acid groups (broad SMARTS) is 1. The summed E-state index contributed by atoms with van der Waals surface area (Å²) in [4.78, 5) is 10.9. The molecular weight excluding hydrogens is 390 g/mol. The zero-order valence-corrected chi connectivity index (χ0v) is 13.3. The SMILES string of the molecule is COc1cccc(COc2cc(C(=O)O)ccc2I)c1F. The molecule has 0 saturated heterocycles. The molecule has 0 aromatic heterocycles. The predicted molar refractivity (Wildman–Crippen MR) is 83.4 cm³/mol. The highest BCUT2D eigenvalue weighted by Gasteiger charge is 2.11. The third-order valence-electron chi connectivity index (χ3n) is 2.82. The van der Waals surface area contributed by atoms with Gasteiger partial charge in [0.15, 0.2) is 11.6 Å². The Balaban J connectivity index is 2.20.